The molecule has 0 aliphatic heterocycles. The average Bonchev–Trinajstić information content (AvgIpc) is 2.95. The largest absolute Gasteiger partial charge is 0.496 e. The smallest absolute Gasteiger partial charge is 0.256 e. The highest BCUT2D eigenvalue weighted by Gasteiger charge is 2.32. The van der Waals surface area contributed by atoms with E-state index in [-0.39, 0.29) is 21.8 Å². The molecule has 0 atom stereocenters. The monoisotopic (exact) mass is 616 g/mol. The molecular formula is C30H36Cl4O5. The number of hydrogen-bond donors (Lipinski definition) is 0. The van der Waals surface area contributed by atoms with E-state index < -0.39 is 10.5 Å². The third-order valence-electron chi connectivity index (χ3n) is 6.68. The van der Waals surface area contributed by atoms with Crippen LogP contribution in [0.1, 0.15) is 91.8 Å². The standard InChI is InChI=1S/C8H7ClO2.C8H13ClO.C7H11ClO.C7H5ClO/c1-11-7-5-3-2-4-6(7)8(9)10;1-8(7(9)10)5-3-2-4-6-8;2*8-7(9)6-4-2-1-3-5-6/h2-5H,1H3;2-6H2,1H3;6H,1-5H2;1-5H. The number of ether oxygens (including phenoxy) is 1. The molecule has 0 spiro atoms. The second-order valence-electron chi connectivity index (χ2n) is 9.65. The Bertz CT molecular complexity index is 1050. The molecule has 39 heavy (non-hydrogen) atoms. The summed E-state index contributed by atoms with van der Waals surface area (Å²) in [7, 11) is 1.50. The van der Waals surface area contributed by atoms with Crippen molar-refractivity contribution in [3.63, 3.8) is 0 Å². The van der Waals surface area contributed by atoms with E-state index in [1.807, 2.05) is 13.0 Å². The summed E-state index contributed by atoms with van der Waals surface area (Å²) < 4.78 is 4.90. The summed E-state index contributed by atoms with van der Waals surface area (Å²) >= 11 is 21.2. The lowest BCUT2D eigenvalue weighted by molar-refractivity contribution is -0.121. The fraction of sp³-hybridized carbons (Fsp3) is 0.467. The highest BCUT2D eigenvalue weighted by molar-refractivity contribution is 6.68. The molecule has 9 heteroatoms. The molecule has 0 bridgehead atoms. The van der Waals surface area contributed by atoms with Gasteiger partial charge in [-0.3, -0.25) is 19.2 Å². The molecule has 0 N–H and O–H groups in total. The maximum absolute atomic E-state index is 10.9. The van der Waals surface area contributed by atoms with Crippen molar-refractivity contribution in [2.75, 3.05) is 7.11 Å². The van der Waals surface area contributed by atoms with Crippen LogP contribution in [0.2, 0.25) is 0 Å². The minimum Gasteiger partial charge on any atom is -0.496 e. The van der Waals surface area contributed by atoms with E-state index in [0.717, 1.165) is 38.5 Å². The van der Waals surface area contributed by atoms with Gasteiger partial charge in [-0.1, -0.05) is 87.9 Å². The summed E-state index contributed by atoms with van der Waals surface area (Å²) in [5, 5.41) is -1.18. The SMILES string of the molecule is CC1(C(=O)Cl)CCCCC1.COc1ccccc1C(=O)Cl.O=C(Cl)C1CCCCC1.O=C(Cl)c1ccccc1. The number of carbonyl (C=O) groups excluding carboxylic acids is 4. The van der Waals surface area contributed by atoms with E-state index in [1.54, 1.807) is 48.5 Å². The lowest BCUT2D eigenvalue weighted by Crippen LogP contribution is -2.26. The maximum Gasteiger partial charge on any atom is 0.256 e. The van der Waals surface area contributed by atoms with Gasteiger partial charge in [0, 0.05) is 16.9 Å². The van der Waals surface area contributed by atoms with Gasteiger partial charge in [-0.25, -0.2) is 0 Å². The van der Waals surface area contributed by atoms with Crippen molar-refractivity contribution >= 4 is 67.4 Å². The van der Waals surface area contributed by atoms with Gasteiger partial charge in [-0.15, -0.1) is 0 Å². The molecule has 2 aromatic rings. The number of hydrogen-bond acceptors (Lipinski definition) is 5. The molecule has 0 radical (unpaired) electrons. The summed E-state index contributed by atoms with van der Waals surface area (Å²) in [6.45, 7) is 1.97. The van der Waals surface area contributed by atoms with Gasteiger partial charge in [-0.05, 0) is 84.2 Å². The van der Waals surface area contributed by atoms with Gasteiger partial charge < -0.3 is 4.74 Å². The Labute approximate surface area is 251 Å². The number of para-hydroxylation sites is 1. The van der Waals surface area contributed by atoms with Crippen LogP contribution in [0.15, 0.2) is 54.6 Å². The van der Waals surface area contributed by atoms with Gasteiger partial charge >= 0.3 is 0 Å². The van der Waals surface area contributed by atoms with Crippen molar-refractivity contribution in [3.8, 4) is 5.75 Å². The van der Waals surface area contributed by atoms with Crippen LogP contribution in [0.5, 0.6) is 5.75 Å². The maximum atomic E-state index is 10.9. The van der Waals surface area contributed by atoms with Crippen molar-refractivity contribution in [2.24, 2.45) is 11.3 Å². The average molecular weight is 618 g/mol. The summed E-state index contributed by atoms with van der Waals surface area (Å²) in [6, 6.07) is 15.6. The van der Waals surface area contributed by atoms with Gasteiger partial charge in [0.2, 0.25) is 10.5 Å². The Morgan fingerprint density at radius 3 is 1.59 bits per heavy atom. The minimum atomic E-state index is -0.498. The van der Waals surface area contributed by atoms with E-state index in [2.05, 4.69) is 0 Å². The molecule has 2 aliphatic carbocycles. The molecule has 2 aromatic carbocycles. The van der Waals surface area contributed by atoms with Gasteiger partial charge in [0.05, 0.1) is 12.7 Å². The third kappa shape index (κ3) is 13.8. The fourth-order valence-corrected chi connectivity index (χ4v) is 4.92. The molecule has 0 unspecified atom stereocenters. The van der Waals surface area contributed by atoms with E-state index >= 15 is 0 Å². The highest BCUT2D eigenvalue weighted by atomic mass is 35.5. The molecule has 214 valence electrons. The van der Waals surface area contributed by atoms with Gasteiger partial charge in [0.25, 0.3) is 10.5 Å². The van der Waals surface area contributed by atoms with E-state index in [9.17, 15) is 19.2 Å². The molecule has 0 aromatic heterocycles. The molecule has 2 fully saturated rings. The minimum absolute atomic E-state index is 0.130. The fourth-order valence-electron chi connectivity index (χ4n) is 4.23. The van der Waals surface area contributed by atoms with Crippen LogP contribution < -0.4 is 4.74 Å². The second kappa shape index (κ2) is 19.2. The van der Waals surface area contributed by atoms with E-state index in [4.69, 9.17) is 51.1 Å². The molecule has 5 nitrogen and oxygen atoms in total. The third-order valence-corrected chi connectivity index (χ3v) is 7.86. The van der Waals surface area contributed by atoms with Crippen molar-refractivity contribution in [1.82, 2.24) is 0 Å². The predicted octanol–water partition coefficient (Wildman–Crippen LogP) is 9.19. The zero-order valence-corrected chi connectivity index (χ0v) is 25.4. The van der Waals surface area contributed by atoms with Crippen LogP contribution in [0, 0.1) is 11.3 Å². The molecule has 0 heterocycles. The Morgan fingerprint density at radius 2 is 1.23 bits per heavy atom. The second-order valence-corrected chi connectivity index (χ2v) is 11.1. The lowest BCUT2D eigenvalue weighted by atomic mass is 9.77. The Balaban J connectivity index is 0.000000261. The number of benzene rings is 2. The topological polar surface area (TPSA) is 77.5 Å². The zero-order chi connectivity index (χ0) is 29.3. The number of rotatable bonds is 5. The number of carbonyl (C=O) groups is 4. The Morgan fingerprint density at radius 1 is 0.718 bits per heavy atom. The van der Waals surface area contributed by atoms with E-state index in [0.29, 0.717) is 16.9 Å². The summed E-state index contributed by atoms with van der Waals surface area (Å²) in [5.41, 5.74) is 0.746. The van der Waals surface area contributed by atoms with Crippen molar-refractivity contribution in [2.45, 2.75) is 71.1 Å². The quantitative estimate of drug-likeness (QED) is 0.312. The van der Waals surface area contributed by atoms with Gasteiger partial charge in [0.1, 0.15) is 5.75 Å². The highest BCUT2D eigenvalue weighted by Crippen LogP contribution is 2.37. The molecule has 2 aliphatic rings. The normalized spacial score (nSPS) is 15.9. The summed E-state index contributed by atoms with van der Waals surface area (Å²) in [6.07, 6.45) is 11.2. The molecule has 2 saturated carbocycles. The number of methoxy groups -OCH3 is 1. The van der Waals surface area contributed by atoms with Gasteiger partial charge in [-0.2, -0.15) is 0 Å². The van der Waals surface area contributed by atoms with Crippen molar-refractivity contribution in [3.05, 3.63) is 65.7 Å². The van der Waals surface area contributed by atoms with Crippen molar-refractivity contribution < 1.29 is 23.9 Å². The van der Waals surface area contributed by atoms with Crippen LogP contribution in [-0.4, -0.2) is 28.1 Å². The first kappa shape index (κ1) is 35.1. The van der Waals surface area contributed by atoms with E-state index in [1.165, 1.54) is 32.8 Å². The molecule has 0 saturated heterocycles. The van der Waals surface area contributed by atoms with Crippen LogP contribution in [0.3, 0.4) is 0 Å². The molecular weight excluding hydrogens is 582 g/mol. The summed E-state index contributed by atoms with van der Waals surface area (Å²) in [4.78, 5) is 42.6. The van der Waals surface area contributed by atoms with Crippen LogP contribution in [0.4, 0.5) is 0 Å². The lowest BCUT2D eigenvalue weighted by Gasteiger charge is -2.29. The Kier molecular flexibility index (Phi) is 17.3. The first-order chi connectivity index (χ1) is 18.5. The number of halogens is 4. The summed E-state index contributed by atoms with van der Waals surface area (Å²) in [5.74, 6) is 0.688. The molecule has 4 rings (SSSR count). The first-order valence-corrected chi connectivity index (χ1v) is 14.5. The Hall–Kier alpha value is -1.92. The van der Waals surface area contributed by atoms with Crippen LogP contribution >= 0.6 is 46.4 Å². The zero-order valence-electron chi connectivity index (χ0n) is 22.4. The predicted molar refractivity (Wildman–Crippen MR) is 159 cm³/mol. The van der Waals surface area contributed by atoms with Crippen LogP contribution in [-0.2, 0) is 9.59 Å². The van der Waals surface area contributed by atoms with Crippen molar-refractivity contribution in [1.29, 1.82) is 0 Å². The first-order valence-electron chi connectivity index (χ1n) is 13.0. The van der Waals surface area contributed by atoms with Gasteiger partial charge in [0.15, 0.2) is 0 Å². The van der Waals surface area contributed by atoms with Crippen LogP contribution in [0.25, 0.3) is 0 Å². The molecule has 0 amide bonds.